The number of nitrogen functional groups attached to an aromatic ring is 1. The predicted molar refractivity (Wildman–Crippen MR) is 444 cm³/mol. The number of rotatable bonds is 6. The van der Waals surface area contributed by atoms with Crippen molar-refractivity contribution in [3.05, 3.63) is 290 Å². The molecule has 4 nitrogen and oxygen atoms in total. The average molecular weight is 2190 g/mol. The fourth-order valence-corrected chi connectivity index (χ4v) is 16.1. The van der Waals surface area contributed by atoms with Gasteiger partial charge in [-0.15, -0.1) is 34.0 Å². The quantitative estimate of drug-likeness (QED) is 0.0780. The molecule has 0 amide bonds. The van der Waals surface area contributed by atoms with Crippen molar-refractivity contribution in [2.45, 2.75) is 0 Å². The number of anilines is 4. The van der Waals surface area contributed by atoms with Crippen LogP contribution in [0.3, 0.4) is 0 Å². The summed E-state index contributed by atoms with van der Waals surface area (Å²) in [7, 11) is 0. The summed E-state index contributed by atoms with van der Waals surface area (Å²) in [6.07, 6.45) is 0. The van der Waals surface area contributed by atoms with Gasteiger partial charge in [0.25, 0.3) is 0 Å². The Morgan fingerprint density at radius 2 is 0.440 bits per heavy atom. The highest BCUT2D eigenvalue weighted by molar-refractivity contribution is 14.1. The molecule has 0 aliphatic rings. The zero-order chi connectivity index (χ0) is 105. The van der Waals surface area contributed by atoms with Crippen LogP contribution in [0.25, 0.3) is 138 Å². The third-order valence-electron chi connectivity index (χ3n) is 16.3. The van der Waals surface area contributed by atoms with Crippen molar-refractivity contribution in [1.82, 2.24) is 0 Å². The number of halogens is 48. The molecular weight excluding hydrogens is 2140 g/mol. The zero-order valence-corrected chi connectivity index (χ0v) is 70.2. The minimum Gasteiger partial charge on any atom is -0.456 e. The maximum atomic E-state index is 8.00. The lowest BCUT2D eigenvalue weighted by atomic mass is 10.0. The fraction of sp³-hybridized carbons (Fsp3) is 0.0127. The molecule has 0 bridgehead atoms. The van der Waals surface area contributed by atoms with Crippen LogP contribution in [-0.2, 0) is 0 Å². The number of hydrogen-bond donors (Lipinski definition) is 1. The van der Waals surface area contributed by atoms with Crippen LogP contribution in [0.5, 0.6) is 0 Å². The molecule has 0 saturated heterocycles. The number of hydrogen-bond acceptors (Lipinski definition) is 7. The lowest BCUT2D eigenvalue weighted by Gasteiger charge is -2.26. The van der Waals surface area contributed by atoms with Gasteiger partial charge in [-0.05, 0) is 129 Å². The average Bonchev–Trinajstić information content (AvgIpc) is 1.49. The number of furan rings is 2. The summed E-state index contributed by atoms with van der Waals surface area (Å²) in [5.74, 6) is 0. The first kappa shape index (κ1) is 139. The molecule has 134 heavy (non-hydrogen) atoms. The van der Waals surface area contributed by atoms with Crippen molar-refractivity contribution in [2.24, 2.45) is 0 Å². The summed E-state index contributed by atoms with van der Waals surface area (Å²) in [6, 6.07) is 100. The van der Waals surface area contributed by atoms with Crippen molar-refractivity contribution in [1.29, 1.82) is 0 Å². The van der Waals surface area contributed by atoms with Crippen LogP contribution in [0, 0.1) is 0 Å². The largest absolute Gasteiger partial charge is 0.456 e. The number of fused-ring (bicyclic) bond motifs is 15. The van der Waals surface area contributed by atoms with Crippen molar-refractivity contribution in [3.63, 3.8) is 0 Å². The van der Waals surface area contributed by atoms with Crippen molar-refractivity contribution in [3.8, 4) is 33.4 Å². The van der Waals surface area contributed by atoms with Gasteiger partial charge in [0, 0.05) is 304 Å². The Morgan fingerprint density at radius 1 is 0.224 bits per heavy atom. The lowest BCUT2D eigenvalue weighted by molar-refractivity contribution is 0.108. The summed E-state index contributed by atoms with van der Waals surface area (Å²) < 4.78 is 388. The monoisotopic (exact) mass is 2190 g/mol. The molecule has 0 unspecified atom stereocenters. The van der Waals surface area contributed by atoms with E-state index in [0.29, 0.717) is 0 Å². The molecule has 2 N–H and O–H groups in total. The van der Waals surface area contributed by atoms with E-state index < -0.39 is 0 Å². The lowest BCUT2D eigenvalue weighted by Crippen LogP contribution is -2.10. The second-order valence-corrected chi connectivity index (χ2v) is 24.9. The van der Waals surface area contributed by atoms with E-state index in [2.05, 4.69) is 252 Å². The van der Waals surface area contributed by atoms with Crippen LogP contribution in [0.15, 0.2) is 294 Å². The maximum Gasteiger partial charge on any atom is 0.137 e. The topological polar surface area (TPSA) is 55.5 Å². The van der Waals surface area contributed by atoms with E-state index >= 15 is 0 Å². The molecule has 55 heteroatoms. The SMILES string of the molecule is CI.Clc1ccc(-c2cccc3c2sc2ccccc23)cc1.FF.FF.FF.FF.FF.FF.FF.FF.FF.FF.FF.FF.FF.FF.FF.FF.FF.FF.FF.FF.FF.FF.FF.Nc1cccc2oc3ccccc3c12.c1ccc2c(c1)oc1cccc(N(c3ccc(-c4cccc5c4sc4ccccc45)cc3)c3ccc(-c4cccc5c4sc4ccccc45)cc3)c12. The van der Waals surface area contributed by atoms with Gasteiger partial charge in [-0.2, -0.15) is 0 Å². The Hall–Kier alpha value is -12.5. The molecule has 5 heterocycles. The molecule has 5 aromatic heterocycles. The first-order chi connectivity index (χ1) is 66.5. The number of para-hydroxylation sites is 2. The van der Waals surface area contributed by atoms with Gasteiger partial charge >= 0.3 is 0 Å². The van der Waals surface area contributed by atoms with E-state index in [-0.39, 0.29) is 0 Å². The molecule has 0 saturated carbocycles. The van der Waals surface area contributed by atoms with E-state index in [4.69, 9.17) is 237 Å². The number of nitrogens with two attached hydrogens (primary N) is 1. The number of nitrogens with zero attached hydrogens (tertiary/aromatic N) is 1. The summed E-state index contributed by atoms with van der Waals surface area (Å²) in [6.45, 7) is 0. The molecule has 18 aromatic rings. The summed E-state index contributed by atoms with van der Waals surface area (Å²) >= 11 is 13.7. The first-order valence-electron chi connectivity index (χ1n) is 32.2. The molecule has 0 aliphatic carbocycles. The Morgan fingerprint density at radius 3 is 0.731 bits per heavy atom. The molecule has 13 aromatic carbocycles. The first-order valence-corrected chi connectivity index (χ1v) is 37.2. The second kappa shape index (κ2) is 93.7. The molecule has 0 atom stereocenters. The van der Waals surface area contributed by atoms with E-state index in [1.165, 1.54) is 93.9 Å². The number of benzene rings is 13. The van der Waals surface area contributed by atoms with Gasteiger partial charge in [0.2, 0.25) is 0 Å². The van der Waals surface area contributed by atoms with Gasteiger partial charge < -0.3 is 19.5 Å². The summed E-state index contributed by atoms with van der Waals surface area (Å²) in [5, 5.41) is 13.0. The number of thiophene rings is 3. The van der Waals surface area contributed by atoms with Crippen molar-refractivity contribution < 1.29 is 219 Å². The van der Waals surface area contributed by atoms with Crippen LogP contribution in [0.1, 0.15) is 0 Å². The predicted octanol–water partition coefficient (Wildman–Crippen LogP) is 45.0. The molecule has 18 rings (SSSR count). The molecule has 0 spiro atoms. The van der Waals surface area contributed by atoms with Crippen molar-refractivity contribution in [2.75, 3.05) is 15.6 Å². The normalized spacial score (nSPS) is 8.51. The molecule has 0 fully saturated rings. The van der Waals surface area contributed by atoms with E-state index in [0.717, 1.165) is 71.6 Å². The Labute approximate surface area is 750 Å². The van der Waals surface area contributed by atoms with E-state index in [1.807, 2.05) is 99.6 Å². The highest BCUT2D eigenvalue weighted by Crippen LogP contribution is 2.47. The van der Waals surface area contributed by atoms with Crippen LogP contribution in [-0.4, -0.2) is 4.93 Å². The highest BCUT2D eigenvalue weighted by Gasteiger charge is 2.21. The van der Waals surface area contributed by atoms with Gasteiger partial charge in [-0.25, -0.2) is 0 Å². The third-order valence-corrected chi connectivity index (χ3v) is 20.2. The zero-order valence-electron chi connectivity index (χ0n) is 64.8. The Bertz CT molecular complexity index is 5550. The van der Waals surface area contributed by atoms with Gasteiger partial charge in [0.1, 0.15) is 22.3 Å². The maximum absolute atomic E-state index is 8.00. The molecule has 0 aliphatic heterocycles. The van der Waals surface area contributed by atoms with Gasteiger partial charge in [0.15, 0.2) is 0 Å². The Kier molecular flexibility index (Phi) is 97.5. The van der Waals surface area contributed by atoms with Crippen LogP contribution in [0.2, 0.25) is 5.02 Å². The standard InChI is InChI=1S/C48H29NOS2.C18H11ClS.C12H9NO.CH3I.23F2/c1-4-18-42-40(12-1)46-41(17-9-19-43(46)50-42)49(32-26-22-30(23-27-32)34-13-7-15-38-36-10-2-5-20-44(36)51-47(34)38)33-28-24-31(25-29-33)35-14-8-16-39-37-11-3-6-21-45(37)52-48(35)39;19-13-10-8-12(9-11-13)14-5-3-6-16-15-4-1-2-7-17(15)20-18(14)16;13-9-5-3-7-11-12(9)8-4-1-2-6-10(8)14-11;24*1-2/h1-29H;1-11H;1-7H,13H2;1H3;;;;;;;;;;;;;;;;;;;;;;;. The second-order valence-electron chi connectivity index (χ2n) is 21.3. The van der Waals surface area contributed by atoms with Crippen molar-refractivity contribution >= 4 is 195 Å². The molecule has 0 radical (unpaired) electrons. The van der Waals surface area contributed by atoms with Crippen LogP contribution in [0.4, 0.5) is 233 Å². The number of alkyl halides is 1. The van der Waals surface area contributed by atoms with Gasteiger partial charge in [-0.3, -0.25) is 0 Å². The van der Waals surface area contributed by atoms with Gasteiger partial charge in [-0.1, -0.05) is 228 Å². The molecular formula is C79H52ClF46IN2O2S3. The van der Waals surface area contributed by atoms with Gasteiger partial charge in [0.05, 0.1) is 16.5 Å². The summed E-state index contributed by atoms with van der Waals surface area (Å²) in [4.78, 5) is 4.34. The van der Waals surface area contributed by atoms with Crippen LogP contribution < -0.4 is 10.6 Å². The Balaban J connectivity index is -0.000000227. The molecule has 744 valence electrons. The summed E-state index contributed by atoms with van der Waals surface area (Å²) in [5.41, 5.74) is 20.9. The highest BCUT2D eigenvalue weighted by atomic mass is 127. The minimum atomic E-state index is 0.771. The fourth-order valence-electron chi connectivity index (χ4n) is 12.3. The van der Waals surface area contributed by atoms with Crippen LogP contribution >= 0.6 is 68.2 Å². The smallest absolute Gasteiger partial charge is 0.137 e. The van der Waals surface area contributed by atoms with E-state index in [1.54, 1.807) is 0 Å². The van der Waals surface area contributed by atoms with E-state index in [9.17, 15) is 0 Å². The third kappa shape index (κ3) is 39.4. The minimum absolute atomic E-state index is 0.771.